The molecule has 0 saturated carbocycles. The number of hydrogen-bond donors (Lipinski definition) is 0. The van der Waals surface area contributed by atoms with E-state index < -0.39 is 63.7 Å². The molecule has 0 fully saturated rings. The van der Waals surface area contributed by atoms with Gasteiger partial charge in [0.1, 0.15) is 6.10 Å². The summed E-state index contributed by atoms with van der Waals surface area (Å²) < 4.78 is 131. The second-order valence-corrected chi connectivity index (χ2v) is 7.25. The predicted molar refractivity (Wildman–Crippen MR) is 102 cm³/mol. The van der Waals surface area contributed by atoms with Crippen molar-refractivity contribution in [3.05, 3.63) is 45.7 Å². The van der Waals surface area contributed by atoms with Gasteiger partial charge in [-0.2, -0.15) is 39.5 Å². The topological polar surface area (TPSA) is 48.6 Å². The van der Waals surface area contributed by atoms with Crippen molar-refractivity contribution in [3.8, 4) is 5.88 Å². The summed E-state index contributed by atoms with van der Waals surface area (Å²) >= 11 is 5.67. The highest BCUT2D eigenvalue weighted by molar-refractivity contribution is 6.33. The summed E-state index contributed by atoms with van der Waals surface area (Å²) in [5.41, 5.74) is -7.08. The maximum absolute atomic E-state index is 13.4. The standard InChI is InChI=1S/C19H17ClF9N3O2/c1-4-32-14(34-9(2)8-33-3)7-13(19(27,28)29)31-16(32)30-12-6-10(17(21,22)23)5-11(15(12)20)18(24,25)26/h5-7,9H,4,8H2,1-3H3. The molecule has 0 spiro atoms. The Hall–Kier alpha value is -2.48. The molecule has 15 heteroatoms. The van der Waals surface area contributed by atoms with Crippen molar-refractivity contribution in [2.45, 2.75) is 45.0 Å². The van der Waals surface area contributed by atoms with Crippen LogP contribution in [-0.2, 0) is 29.8 Å². The van der Waals surface area contributed by atoms with Crippen LogP contribution < -0.4 is 10.4 Å². The molecule has 1 aromatic heterocycles. The minimum absolute atomic E-state index is 0.0335. The lowest BCUT2D eigenvalue weighted by Gasteiger charge is -2.20. The Kier molecular flexibility index (Phi) is 8.18. The van der Waals surface area contributed by atoms with Crippen molar-refractivity contribution in [1.29, 1.82) is 0 Å². The van der Waals surface area contributed by atoms with Crippen molar-refractivity contribution < 1.29 is 49.0 Å². The molecule has 1 aromatic carbocycles. The molecule has 1 heterocycles. The Labute approximate surface area is 191 Å². The first-order valence-electron chi connectivity index (χ1n) is 9.36. The fourth-order valence-corrected chi connectivity index (χ4v) is 3.02. The molecule has 0 aliphatic heterocycles. The number of hydrogen-bond acceptors (Lipinski definition) is 4. The third kappa shape index (κ3) is 6.56. The summed E-state index contributed by atoms with van der Waals surface area (Å²) in [7, 11) is 1.32. The Balaban J connectivity index is 2.91. The highest BCUT2D eigenvalue weighted by Gasteiger charge is 2.40. The van der Waals surface area contributed by atoms with Gasteiger partial charge in [0.2, 0.25) is 5.62 Å². The van der Waals surface area contributed by atoms with E-state index in [2.05, 4.69) is 9.98 Å². The minimum atomic E-state index is -5.30. The largest absolute Gasteiger partial charge is 0.473 e. The van der Waals surface area contributed by atoms with Crippen molar-refractivity contribution in [2.75, 3.05) is 13.7 Å². The number of benzene rings is 1. The molecule has 2 rings (SSSR count). The molecule has 0 bridgehead atoms. The van der Waals surface area contributed by atoms with Gasteiger partial charge < -0.3 is 9.47 Å². The van der Waals surface area contributed by atoms with Gasteiger partial charge in [-0.05, 0) is 26.0 Å². The third-order valence-electron chi connectivity index (χ3n) is 4.22. The van der Waals surface area contributed by atoms with Gasteiger partial charge in [-0.3, -0.25) is 4.57 Å². The first-order valence-corrected chi connectivity index (χ1v) is 9.74. The quantitative estimate of drug-likeness (QED) is 0.418. The Morgan fingerprint density at radius 1 is 1.00 bits per heavy atom. The van der Waals surface area contributed by atoms with Gasteiger partial charge in [0.25, 0.3) is 0 Å². The van der Waals surface area contributed by atoms with Crippen LogP contribution in [0.3, 0.4) is 0 Å². The summed E-state index contributed by atoms with van der Waals surface area (Å²) in [4.78, 5) is 6.84. The summed E-state index contributed by atoms with van der Waals surface area (Å²) in [5, 5.41) is -1.24. The van der Waals surface area contributed by atoms with Crippen LogP contribution in [0.2, 0.25) is 5.02 Å². The van der Waals surface area contributed by atoms with Gasteiger partial charge in [0.05, 0.1) is 28.4 Å². The molecule has 5 nitrogen and oxygen atoms in total. The van der Waals surface area contributed by atoms with E-state index in [1.165, 1.54) is 21.0 Å². The molecule has 0 amide bonds. The fourth-order valence-electron chi connectivity index (χ4n) is 2.76. The maximum atomic E-state index is 13.4. The zero-order valence-corrected chi connectivity index (χ0v) is 18.4. The number of ether oxygens (including phenoxy) is 2. The van der Waals surface area contributed by atoms with E-state index in [9.17, 15) is 39.5 Å². The van der Waals surface area contributed by atoms with Crippen LogP contribution in [-0.4, -0.2) is 29.4 Å². The molecule has 0 aliphatic carbocycles. The molecule has 0 aliphatic rings. The minimum Gasteiger partial charge on any atom is -0.473 e. The van der Waals surface area contributed by atoms with Crippen LogP contribution in [0.1, 0.15) is 30.7 Å². The van der Waals surface area contributed by atoms with Crippen LogP contribution in [0.25, 0.3) is 0 Å². The Morgan fingerprint density at radius 3 is 2.09 bits per heavy atom. The van der Waals surface area contributed by atoms with E-state index in [1.807, 2.05) is 0 Å². The Morgan fingerprint density at radius 2 is 1.62 bits per heavy atom. The van der Waals surface area contributed by atoms with E-state index in [-0.39, 0.29) is 25.3 Å². The molecule has 2 aromatic rings. The summed E-state index contributed by atoms with van der Waals surface area (Å²) in [6.07, 6.45) is -16.3. The SMILES string of the molecule is CCn1c(OC(C)COC)cc(C(F)(F)F)nc1=Nc1cc(C(F)(F)F)cc(C(F)(F)F)c1Cl. The molecule has 190 valence electrons. The monoisotopic (exact) mass is 525 g/mol. The van der Waals surface area contributed by atoms with E-state index >= 15 is 0 Å². The summed E-state index contributed by atoms with van der Waals surface area (Å²) in [6.45, 7) is 2.71. The smallest absolute Gasteiger partial charge is 0.433 e. The zero-order valence-electron chi connectivity index (χ0n) is 17.7. The summed E-state index contributed by atoms with van der Waals surface area (Å²) in [6, 6.07) is 0.507. The number of halogens is 10. The molecule has 0 radical (unpaired) electrons. The van der Waals surface area contributed by atoms with E-state index in [0.29, 0.717) is 6.07 Å². The lowest BCUT2D eigenvalue weighted by molar-refractivity contribution is -0.143. The molecular formula is C19H17ClF9N3O2. The number of nitrogens with zero attached hydrogens (tertiary/aromatic N) is 3. The van der Waals surface area contributed by atoms with Crippen molar-refractivity contribution in [2.24, 2.45) is 4.99 Å². The fraction of sp³-hybridized carbons (Fsp3) is 0.474. The van der Waals surface area contributed by atoms with Crippen LogP contribution in [0.15, 0.2) is 23.2 Å². The van der Waals surface area contributed by atoms with Crippen molar-refractivity contribution >= 4 is 17.3 Å². The van der Waals surface area contributed by atoms with Crippen LogP contribution in [0.5, 0.6) is 5.88 Å². The highest BCUT2D eigenvalue weighted by Crippen LogP contribution is 2.43. The third-order valence-corrected chi connectivity index (χ3v) is 4.62. The molecular weight excluding hydrogens is 509 g/mol. The molecule has 34 heavy (non-hydrogen) atoms. The maximum Gasteiger partial charge on any atom is 0.433 e. The van der Waals surface area contributed by atoms with Crippen LogP contribution >= 0.6 is 11.6 Å². The molecule has 0 saturated heterocycles. The lowest BCUT2D eigenvalue weighted by Crippen LogP contribution is -2.31. The number of aromatic nitrogens is 2. The molecule has 1 atom stereocenters. The van der Waals surface area contributed by atoms with Crippen molar-refractivity contribution in [1.82, 2.24) is 9.55 Å². The first-order chi connectivity index (χ1) is 15.5. The highest BCUT2D eigenvalue weighted by atomic mass is 35.5. The molecule has 1 unspecified atom stereocenters. The van der Waals surface area contributed by atoms with Gasteiger partial charge in [0.15, 0.2) is 11.6 Å². The number of alkyl halides is 9. The molecule has 0 N–H and O–H groups in total. The average Bonchev–Trinajstić information content (AvgIpc) is 2.67. The lowest BCUT2D eigenvalue weighted by atomic mass is 10.1. The van der Waals surface area contributed by atoms with Gasteiger partial charge in [0, 0.05) is 19.7 Å². The first kappa shape index (κ1) is 27.8. The van der Waals surface area contributed by atoms with Crippen LogP contribution in [0, 0.1) is 0 Å². The van der Waals surface area contributed by atoms with Gasteiger partial charge in [-0.15, -0.1) is 0 Å². The predicted octanol–water partition coefficient (Wildman–Crippen LogP) is 6.26. The normalized spacial score (nSPS) is 14.4. The second kappa shape index (κ2) is 10.0. The van der Waals surface area contributed by atoms with E-state index in [1.54, 1.807) is 0 Å². The van der Waals surface area contributed by atoms with Gasteiger partial charge in [-0.1, -0.05) is 11.6 Å². The summed E-state index contributed by atoms with van der Waals surface area (Å²) in [5.74, 6) is -0.438. The zero-order chi connectivity index (χ0) is 26.1. The van der Waals surface area contributed by atoms with E-state index in [0.717, 1.165) is 4.57 Å². The second-order valence-electron chi connectivity index (χ2n) is 6.87. The van der Waals surface area contributed by atoms with Crippen molar-refractivity contribution in [3.63, 3.8) is 0 Å². The van der Waals surface area contributed by atoms with Gasteiger partial charge in [-0.25, -0.2) is 9.98 Å². The average molecular weight is 526 g/mol. The van der Waals surface area contributed by atoms with Gasteiger partial charge >= 0.3 is 18.5 Å². The number of methoxy groups -OCH3 is 1. The van der Waals surface area contributed by atoms with Crippen LogP contribution in [0.4, 0.5) is 45.2 Å². The van der Waals surface area contributed by atoms with E-state index in [4.69, 9.17) is 21.1 Å². The Bertz CT molecular complexity index is 1090. The number of rotatable bonds is 6.